The number of likely N-dealkylation sites (tertiary alicyclic amines) is 1. The number of rotatable bonds is 4. The number of hydrogen-bond acceptors (Lipinski definition) is 4. The van der Waals surface area contributed by atoms with E-state index < -0.39 is 17.7 Å². The van der Waals surface area contributed by atoms with Crippen molar-refractivity contribution in [2.45, 2.75) is 64.5 Å². The number of piperidine rings is 1. The standard InChI is InChI=1S/C25H35N3O4/c1-25(2,3)32-24(31)28-14-12-18-7-4-5-9-20(18)21(28)23(30)27-13-6-8-19(16-27)22(29)26-15-17-10-11-17/h4-5,7,9,17,19,21H,6,8,10-16H2,1-3H3,(H,26,29)/t19-,21-/m1/s1. The largest absolute Gasteiger partial charge is 0.444 e. The number of hydrogen-bond donors (Lipinski definition) is 1. The van der Waals surface area contributed by atoms with Crippen LogP contribution in [0.2, 0.25) is 0 Å². The topological polar surface area (TPSA) is 79.0 Å². The maximum atomic E-state index is 13.8. The van der Waals surface area contributed by atoms with Crippen LogP contribution in [0.15, 0.2) is 24.3 Å². The smallest absolute Gasteiger partial charge is 0.411 e. The maximum absolute atomic E-state index is 13.8. The summed E-state index contributed by atoms with van der Waals surface area (Å²) in [6.45, 7) is 7.66. The van der Waals surface area contributed by atoms with Gasteiger partial charge in [0.05, 0.1) is 5.92 Å². The molecule has 2 atom stereocenters. The van der Waals surface area contributed by atoms with Gasteiger partial charge in [-0.15, -0.1) is 0 Å². The highest BCUT2D eigenvalue weighted by Gasteiger charge is 2.41. The fourth-order valence-electron chi connectivity index (χ4n) is 4.63. The van der Waals surface area contributed by atoms with Crippen LogP contribution in [0.25, 0.3) is 0 Å². The van der Waals surface area contributed by atoms with Crippen LogP contribution in [0, 0.1) is 11.8 Å². The lowest BCUT2D eigenvalue weighted by Gasteiger charge is -2.41. The third-order valence-corrected chi connectivity index (χ3v) is 6.51. The zero-order valence-electron chi connectivity index (χ0n) is 19.4. The number of ether oxygens (including phenoxy) is 1. The lowest BCUT2D eigenvalue weighted by atomic mass is 9.90. The van der Waals surface area contributed by atoms with Crippen LogP contribution < -0.4 is 5.32 Å². The van der Waals surface area contributed by atoms with Crippen molar-refractivity contribution in [1.82, 2.24) is 15.1 Å². The molecule has 0 unspecified atom stereocenters. The zero-order chi connectivity index (χ0) is 22.9. The number of fused-ring (bicyclic) bond motifs is 1. The highest BCUT2D eigenvalue weighted by atomic mass is 16.6. The summed E-state index contributed by atoms with van der Waals surface area (Å²) in [5.74, 6) is 0.354. The van der Waals surface area contributed by atoms with E-state index in [9.17, 15) is 14.4 Å². The van der Waals surface area contributed by atoms with Crippen LogP contribution in [0.1, 0.15) is 63.6 Å². The average Bonchev–Trinajstić information content (AvgIpc) is 3.59. The Morgan fingerprint density at radius 1 is 1.09 bits per heavy atom. The summed E-state index contributed by atoms with van der Waals surface area (Å²) < 4.78 is 5.63. The fourth-order valence-corrected chi connectivity index (χ4v) is 4.63. The van der Waals surface area contributed by atoms with Crippen molar-refractivity contribution in [3.63, 3.8) is 0 Å². The van der Waals surface area contributed by atoms with Gasteiger partial charge in [0.2, 0.25) is 11.8 Å². The van der Waals surface area contributed by atoms with Gasteiger partial charge in [-0.2, -0.15) is 0 Å². The van der Waals surface area contributed by atoms with E-state index in [1.165, 1.54) is 12.8 Å². The van der Waals surface area contributed by atoms with Crippen LogP contribution in [0.4, 0.5) is 4.79 Å². The van der Waals surface area contributed by atoms with Crippen LogP contribution in [-0.2, 0) is 20.7 Å². The molecule has 32 heavy (non-hydrogen) atoms. The molecule has 1 aromatic carbocycles. The van der Waals surface area contributed by atoms with E-state index in [0.29, 0.717) is 32.0 Å². The van der Waals surface area contributed by atoms with E-state index in [1.54, 1.807) is 9.80 Å². The maximum Gasteiger partial charge on any atom is 0.411 e. The van der Waals surface area contributed by atoms with Crippen LogP contribution in [-0.4, -0.2) is 59.5 Å². The number of carbonyl (C=O) groups excluding carboxylic acids is 3. The Morgan fingerprint density at radius 3 is 2.56 bits per heavy atom. The molecule has 7 heteroatoms. The molecule has 1 saturated carbocycles. The molecule has 0 bridgehead atoms. The molecule has 2 fully saturated rings. The number of amides is 3. The summed E-state index contributed by atoms with van der Waals surface area (Å²) in [5.41, 5.74) is 1.30. The monoisotopic (exact) mass is 441 g/mol. The zero-order valence-corrected chi connectivity index (χ0v) is 19.4. The van der Waals surface area contributed by atoms with Crippen molar-refractivity contribution in [2.75, 3.05) is 26.2 Å². The highest BCUT2D eigenvalue weighted by molar-refractivity contribution is 5.89. The summed E-state index contributed by atoms with van der Waals surface area (Å²) in [6, 6.07) is 7.10. The third kappa shape index (κ3) is 5.25. The van der Waals surface area contributed by atoms with Crippen LogP contribution in [0.5, 0.6) is 0 Å². The number of nitrogens with zero attached hydrogens (tertiary/aromatic N) is 2. The summed E-state index contributed by atoms with van der Waals surface area (Å²) in [4.78, 5) is 42.8. The average molecular weight is 442 g/mol. The molecule has 1 aromatic rings. The van der Waals surface area contributed by atoms with Gasteiger partial charge in [-0.05, 0) is 69.9 Å². The van der Waals surface area contributed by atoms with E-state index in [0.717, 1.165) is 30.5 Å². The van der Waals surface area contributed by atoms with Crippen molar-refractivity contribution in [1.29, 1.82) is 0 Å². The van der Waals surface area contributed by atoms with E-state index in [2.05, 4.69) is 5.32 Å². The van der Waals surface area contributed by atoms with Gasteiger partial charge >= 0.3 is 6.09 Å². The minimum absolute atomic E-state index is 0.0439. The predicted octanol–water partition coefficient (Wildman–Crippen LogP) is 3.29. The second-order valence-electron chi connectivity index (χ2n) is 10.3. The molecular formula is C25H35N3O4. The molecule has 3 amide bonds. The van der Waals surface area contributed by atoms with Gasteiger partial charge in [-0.25, -0.2) is 4.79 Å². The highest BCUT2D eigenvalue weighted by Crippen LogP contribution is 2.34. The van der Waals surface area contributed by atoms with Gasteiger partial charge in [-0.1, -0.05) is 24.3 Å². The lowest BCUT2D eigenvalue weighted by Crippen LogP contribution is -2.53. The predicted molar refractivity (Wildman–Crippen MR) is 121 cm³/mol. The molecule has 174 valence electrons. The SMILES string of the molecule is CC(C)(C)OC(=O)N1CCc2ccccc2[C@@H]1C(=O)N1CCC[C@@H](C(=O)NCC2CC2)C1. The Hall–Kier alpha value is -2.57. The Kier molecular flexibility index (Phi) is 6.45. The van der Waals surface area contributed by atoms with E-state index in [4.69, 9.17) is 4.74 Å². The normalized spacial score (nSPS) is 23.3. The van der Waals surface area contributed by atoms with Crippen molar-refractivity contribution >= 4 is 17.9 Å². The van der Waals surface area contributed by atoms with Crippen molar-refractivity contribution in [2.24, 2.45) is 11.8 Å². The summed E-state index contributed by atoms with van der Waals surface area (Å²) >= 11 is 0. The van der Waals surface area contributed by atoms with Crippen molar-refractivity contribution < 1.29 is 19.1 Å². The van der Waals surface area contributed by atoms with Gasteiger partial charge in [0.15, 0.2) is 0 Å². The molecule has 0 radical (unpaired) electrons. The second-order valence-corrected chi connectivity index (χ2v) is 10.3. The quantitative estimate of drug-likeness (QED) is 0.778. The van der Waals surface area contributed by atoms with E-state index >= 15 is 0 Å². The molecule has 1 aliphatic carbocycles. The summed E-state index contributed by atoms with van der Waals surface area (Å²) in [6.07, 6.45) is 4.17. The first-order valence-corrected chi connectivity index (χ1v) is 11.9. The van der Waals surface area contributed by atoms with Gasteiger partial charge in [0.1, 0.15) is 11.6 Å². The first kappa shape index (κ1) is 22.6. The van der Waals surface area contributed by atoms with Gasteiger partial charge in [-0.3, -0.25) is 14.5 Å². The molecule has 1 N–H and O–H groups in total. The lowest BCUT2D eigenvalue weighted by molar-refractivity contribution is -0.141. The molecule has 3 aliphatic rings. The Bertz CT molecular complexity index is 874. The van der Waals surface area contributed by atoms with Crippen LogP contribution >= 0.6 is 0 Å². The first-order chi connectivity index (χ1) is 15.2. The Morgan fingerprint density at radius 2 is 1.84 bits per heavy atom. The van der Waals surface area contributed by atoms with Crippen molar-refractivity contribution in [3.8, 4) is 0 Å². The molecular weight excluding hydrogens is 406 g/mol. The fraction of sp³-hybridized carbons (Fsp3) is 0.640. The van der Waals surface area contributed by atoms with Crippen LogP contribution in [0.3, 0.4) is 0 Å². The third-order valence-electron chi connectivity index (χ3n) is 6.51. The second kappa shape index (κ2) is 9.12. The van der Waals surface area contributed by atoms with Gasteiger partial charge < -0.3 is 15.0 Å². The molecule has 4 rings (SSSR count). The minimum Gasteiger partial charge on any atom is -0.444 e. The van der Waals surface area contributed by atoms with Gasteiger partial charge in [0, 0.05) is 26.2 Å². The Balaban J connectivity index is 1.52. The van der Waals surface area contributed by atoms with E-state index in [1.807, 2.05) is 45.0 Å². The molecule has 0 spiro atoms. The first-order valence-electron chi connectivity index (χ1n) is 11.9. The molecule has 2 heterocycles. The van der Waals surface area contributed by atoms with Gasteiger partial charge in [0.25, 0.3) is 0 Å². The number of carbonyl (C=O) groups is 3. The Labute approximate surface area is 190 Å². The van der Waals surface area contributed by atoms with Crippen molar-refractivity contribution in [3.05, 3.63) is 35.4 Å². The molecule has 7 nitrogen and oxygen atoms in total. The molecule has 2 aliphatic heterocycles. The summed E-state index contributed by atoms with van der Waals surface area (Å²) in [5, 5.41) is 3.06. The number of benzene rings is 1. The number of nitrogens with one attached hydrogen (secondary N) is 1. The summed E-state index contributed by atoms with van der Waals surface area (Å²) in [7, 11) is 0. The van der Waals surface area contributed by atoms with E-state index in [-0.39, 0.29) is 17.7 Å². The minimum atomic E-state index is -0.719. The molecule has 1 saturated heterocycles. The molecule has 0 aromatic heterocycles.